The summed E-state index contributed by atoms with van der Waals surface area (Å²) in [4.78, 5) is 2.06. The quantitative estimate of drug-likeness (QED) is 0.790. The molecule has 1 atom stereocenters. The molecule has 2 aromatic carbocycles. The van der Waals surface area contributed by atoms with E-state index in [0.717, 1.165) is 11.9 Å². The number of anilines is 1. The van der Waals surface area contributed by atoms with E-state index < -0.39 is 25.1 Å². The second-order valence-corrected chi connectivity index (χ2v) is 9.92. The molecule has 0 spiro atoms. The number of nitrogens with zero attached hydrogens (tertiary/aromatic N) is 1. The second-order valence-electron chi connectivity index (χ2n) is 5.95. The van der Waals surface area contributed by atoms with Gasteiger partial charge in [-0.1, -0.05) is 30.3 Å². The molecule has 0 aromatic heterocycles. The maximum absolute atomic E-state index is 13.0. The summed E-state index contributed by atoms with van der Waals surface area (Å²) in [6.45, 7) is -0.225. The van der Waals surface area contributed by atoms with Crippen LogP contribution in [0.15, 0.2) is 59.5 Å². The summed E-state index contributed by atoms with van der Waals surface area (Å²) in [5.41, 5.74) is 1.46. The Kier molecular flexibility index (Phi) is 5.87. The zero-order valence-corrected chi connectivity index (χ0v) is 16.0. The van der Waals surface area contributed by atoms with Gasteiger partial charge >= 0.3 is 0 Å². The molecule has 6 nitrogen and oxygen atoms in total. The van der Waals surface area contributed by atoms with Crippen LogP contribution in [0.1, 0.15) is 10.8 Å². The molecule has 2 aromatic rings. The van der Waals surface area contributed by atoms with Crippen molar-refractivity contribution in [3.63, 3.8) is 0 Å². The van der Waals surface area contributed by atoms with Crippen molar-refractivity contribution in [3.8, 4) is 0 Å². The van der Waals surface area contributed by atoms with E-state index in [-0.39, 0.29) is 11.4 Å². The zero-order chi connectivity index (χ0) is 18.7. The van der Waals surface area contributed by atoms with Gasteiger partial charge in [0.2, 0.25) is 10.0 Å². The fourth-order valence-electron chi connectivity index (χ4n) is 2.40. The van der Waals surface area contributed by atoms with E-state index in [1.807, 2.05) is 31.1 Å². The average molecular weight is 383 g/mol. The fourth-order valence-corrected chi connectivity index (χ4v) is 4.65. The maximum atomic E-state index is 13.0. The largest absolute Gasteiger partial charge is 0.378 e. The maximum Gasteiger partial charge on any atom is 0.208 e. The molecular weight excluding hydrogens is 360 g/mol. The first-order valence-corrected chi connectivity index (χ1v) is 11.1. The Hall–Kier alpha value is -1.90. The number of hydrogen-bond donors (Lipinski definition) is 1. The second kappa shape index (κ2) is 7.55. The third-order valence-electron chi connectivity index (χ3n) is 3.76. The van der Waals surface area contributed by atoms with Gasteiger partial charge in [-0.2, -0.15) is 0 Å². The number of rotatable bonds is 7. The molecule has 0 aliphatic rings. The first-order chi connectivity index (χ1) is 11.6. The van der Waals surface area contributed by atoms with Crippen molar-refractivity contribution in [2.45, 2.75) is 10.1 Å². The Labute approximate surface area is 149 Å². The van der Waals surface area contributed by atoms with Gasteiger partial charge in [0, 0.05) is 26.3 Å². The predicted molar refractivity (Wildman–Crippen MR) is 100.0 cm³/mol. The van der Waals surface area contributed by atoms with Crippen LogP contribution >= 0.6 is 0 Å². The molecular formula is C17H22N2O4S2. The van der Waals surface area contributed by atoms with Crippen LogP contribution < -0.4 is 9.62 Å². The van der Waals surface area contributed by atoms with Crippen LogP contribution in [0.2, 0.25) is 0 Å². The molecule has 0 radical (unpaired) electrons. The molecule has 0 heterocycles. The summed E-state index contributed by atoms with van der Waals surface area (Å²) in [5.74, 6) is 0. The molecule has 0 saturated heterocycles. The lowest BCUT2D eigenvalue weighted by molar-refractivity contribution is 0.571. The highest BCUT2D eigenvalue weighted by Gasteiger charge is 2.29. The third-order valence-corrected chi connectivity index (χ3v) is 6.57. The summed E-state index contributed by atoms with van der Waals surface area (Å²) in [5, 5.41) is -1.01. The van der Waals surface area contributed by atoms with E-state index in [9.17, 15) is 16.8 Å². The van der Waals surface area contributed by atoms with Crippen LogP contribution in [-0.4, -0.2) is 43.7 Å². The standard InChI is InChI=1S/C17H22N2O4S2/c1-19(2)15-11-9-14(10-12-15)17(13-18-24(3,20)21)25(22,23)16-7-5-4-6-8-16/h4-12,17-18H,13H2,1-3H3/t17-/m0/s1. The van der Waals surface area contributed by atoms with Gasteiger partial charge < -0.3 is 4.90 Å². The summed E-state index contributed by atoms with van der Waals surface area (Å²) in [7, 11) is -3.49. The molecule has 136 valence electrons. The molecule has 0 saturated carbocycles. The Balaban J connectivity index is 2.46. The van der Waals surface area contributed by atoms with Gasteiger partial charge in [0.25, 0.3) is 0 Å². The summed E-state index contributed by atoms with van der Waals surface area (Å²) in [6, 6.07) is 15.1. The van der Waals surface area contributed by atoms with Gasteiger partial charge in [-0.15, -0.1) is 0 Å². The lowest BCUT2D eigenvalue weighted by Crippen LogP contribution is -2.31. The molecule has 0 unspecified atom stereocenters. The first-order valence-electron chi connectivity index (χ1n) is 7.62. The number of sulfonamides is 1. The molecule has 0 aliphatic carbocycles. The van der Waals surface area contributed by atoms with Crippen LogP contribution in [0.5, 0.6) is 0 Å². The highest BCUT2D eigenvalue weighted by molar-refractivity contribution is 7.92. The minimum atomic E-state index is -3.75. The average Bonchev–Trinajstić information content (AvgIpc) is 2.55. The van der Waals surface area contributed by atoms with E-state index in [1.54, 1.807) is 30.3 Å². The minimum absolute atomic E-state index is 0.159. The van der Waals surface area contributed by atoms with E-state index in [1.165, 1.54) is 12.1 Å². The summed E-state index contributed by atoms with van der Waals surface area (Å²) < 4.78 is 51.3. The molecule has 0 fully saturated rings. The molecule has 8 heteroatoms. The Morgan fingerprint density at radius 2 is 1.48 bits per heavy atom. The topological polar surface area (TPSA) is 83.6 Å². The SMILES string of the molecule is CN(C)c1ccc([C@H](CNS(C)(=O)=O)S(=O)(=O)c2ccccc2)cc1. The van der Waals surface area contributed by atoms with Crippen molar-refractivity contribution in [1.29, 1.82) is 0 Å². The lowest BCUT2D eigenvalue weighted by Gasteiger charge is -2.20. The van der Waals surface area contributed by atoms with E-state index in [2.05, 4.69) is 4.72 Å². The molecule has 1 N–H and O–H groups in total. The fraction of sp³-hybridized carbons (Fsp3) is 0.294. The first kappa shape index (κ1) is 19.4. The lowest BCUT2D eigenvalue weighted by atomic mass is 10.1. The number of sulfone groups is 1. The van der Waals surface area contributed by atoms with Crippen molar-refractivity contribution in [2.75, 3.05) is 31.8 Å². The predicted octanol–water partition coefficient (Wildman–Crippen LogP) is 1.82. The van der Waals surface area contributed by atoms with Gasteiger partial charge in [-0.25, -0.2) is 21.6 Å². The van der Waals surface area contributed by atoms with Crippen LogP contribution in [-0.2, 0) is 19.9 Å². The Bertz CT molecular complexity index is 907. The molecule has 0 aliphatic heterocycles. The van der Waals surface area contributed by atoms with Crippen molar-refractivity contribution >= 4 is 25.5 Å². The van der Waals surface area contributed by atoms with Crippen LogP contribution in [0, 0.1) is 0 Å². The highest BCUT2D eigenvalue weighted by Crippen LogP contribution is 2.29. The van der Waals surface area contributed by atoms with Crippen LogP contribution in [0.3, 0.4) is 0 Å². The number of hydrogen-bond acceptors (Lipinski definition) is 5. The van der Waals surface area contributed by atoms with Gasteiger partial charge in [-0.05, 0) is 29.8 Å². The van der Waals surface area contributed by atoms with E-state index in [4.69, 9.17) is 0 Å². The van der Waals surface area contributed by atoms with E-state index >= 15 is 0 Å². The van der Waals surface area contributed by atoms with Gasteiger partial charge in [0.1, 0.15) is 5.25 Å². The van der Waals surface area contributed by atoms with Gasteiger partial charge in [-0.3, -0.25) is 0 Å². The smallest absolute Gasteiger partial charge is 0.208 e. The monoisotopic (exact) mass is 382 g/mol. The Morgan fingerprint density at radius 1 is 0.920 bits per heavy atom. The van der Waals surface area contributed by atoms with Crippen molar-refractivity contribution in [3.05, 3.63) is 60.2 Å². The van der Waals surface area contributed by atoms with E-state index in [0.29, 0.717) is 5.56 Å². The van der Waals surface area contributed by atoms with Crippen molar-refractivity contribution < 1.29 is 16.8 Å². The number of benzene rings is 2. The molecule has 0 amide bonds. The van der Waals surface area contributed by atoms with Gasteiger partial charge in [0.05, 0.1) is 11.2 Å². The van der Waals surface area contributed by atoms with Crippen LogP contribution in [0.25, 0.3) is 0 Å². The van der Waals surface area contributed by atoms with Gasteiger partial charge in [0.15, 0.2) is 9.84 Å². The molecule has 25 heavy (non-hydrogen) atoms. The number of nitrogens with one attached hydrogen (secondary N) is 1. The zero-order valence-electron chi connectivity index (χ0n) is 14.4. The molecule has 0 bridgehead atoms. The minimum Gasteiger partial charge on any atom is -0.378 e. The van der Waals surface area contributed by atoms with Crippen LogP contribution in [0.4, 0.5) is 5.69 Å². The highest BCUT2D eigenvalue weighted by atomic mass is 32.2. The van der Waals surface area contributed by atoms with Crippen molar-refractivity contribution in [2.24, 2.45) is 0 Å². The summed E-state index contributed by atoms with van der Waals surface area (Å²) in [6.07, 6.45) is 1.01. The third kappa shape index (κ3) is 5.04. The Morgan fingerprint density at radius 3 is 1.96 bits per heavy atom. The van der Waals surface area contributed by atoms with Crippen molar-refractivity contribution in [1.82, 2.24) is 4.72 Å². The molecule has 2 rings (SSSR count). The normalized spacial score (nSPS) is 13.4. The summed E-state index contributed by atoms with van der Waals surface area (Å²) >= 11 is 0.